The van der Waals surface area contributed by atoms with Crippen molar-refractivity contribution in [3.63, 3.8) is 0 Å². The molecule has 0 aliphatic carbocycles. The molecule has 136 valence electrons. The Bertz CT molecular complexity index is 798. The van der Waals surface area contributed by atoms with Crippen molar-refractivity contribution in [3.8, 4) is 16.5 Å². The molecule has 0 atom stereocenters. The fourth-order valence-corrected chi connectivity index (χ4v) is 2.83. The molecule has 2 heterocycles. The van der Waals surface area contributed by atoms with Crippen molar-refractivity contribution in [2.75, 3.05) is 38.7 Å². The van der Waals surface area contributed by atoms with Crippen LogP contribution >= 0.6 is 11.3 Å². The quantitative estimate of drug-likeness (QED) is 0.530. The van der Waals surface area contributed by atoms with Crippen molar-refractivity contribution in [1.29, 1.82) is 0 Å². The van der Waals surface area contributed by atoms with Gasteiger partial charge in [-0.05, 0) is 18.2 Å². The molecule has 2 aromatic heterocycles. The molecular formula is C18H21N5O2S. The second-order valence-electron chi connectivity index (χ2n) is 5.35. The molecule has 0 spiro atoms. The second-order valence-corrected chi connectivity index (χ2v) is 6.24. The molecule has 0 bridgehead atoms. The third-order valence-corrected chi connectivity index (χ3v) is 4.22. The van der Waals surface area contributed by atoms with Gasteiger partial charge in [-0.2, -0.15) is 0 Å². The predicted molar refractivity (Wildman–Crippen MR) is 103 cm³/mol. The topological polar surface area (TPSA) is 81.2 Å². The molecule has 8 heteroatoms. The fraction of sp³-hybridized carbons (Fsp3) is 0.278. The number of nitrogens with zero attached hydrogens (tertiary/aromatic N) is 3. The largest absolute Gasteiger partial charge is 0.492 e. The first-order chi connectivity index (χ1) is 12.8. The lowest BCUT2D eigenvalue weighted by atomic mass is 10.3. The molecule has 0 amide bonds. The Morgan fingerprint density at radius 3 is 2.85 bits per heavy atom. The van der Waals surface area contributed by atoms with Gasteiger partial charge in [0.15, 0.2) is 0 Å². The van der Waals surface area contributed by atoms with Gasteiger partial charge in [-0.1, -0.05) is 6.07 Å². The van der Waals surface area contributed by atoms with Gasteiger partial charge in [0.1, 0.15) is 23.1 Å². The van der Waals surface area contributed by atoms with Gasteiger partial charge in [0.05, 0.1) is 6.61 Å². The van der Waals surface area contributed by atoms with Crippen LogP contribution in [-0.2, 0) is 4.74 Å². The van der Waals surface area contributed by atoms with Gasteiger partial charge >= 0.3 is 0 Å². The Labute approximate surface area is 156 Å². The minimum atomic E-state index is 0.524. The summed E-state index contributed by atoms with van der Waals surface area (Å²) >= 11 is 1.55. The van der Waals surface area contributed by atoms with Crippen LogP contribution in [-0.4, -0.2) is 48.4 Å². The Balaban J connectivity index is 1.56. The molecular weight excluding hydrogens is 350 g/mol. The SMILES string of the molecule is COCCNCCOc1cccc(Nc2nccc(-c3nccs3)n2)c1. The van der Waals surface area contributed by atoms with Crippen LogP contribution < -0.4 is 15.4 Å². The Morgan fingerprint density at radius 1 is 1.08 bits per heavy atom. The molecule has 0 saturated carbocycles. The molecule has 3 rings (SSSR count). The number of methoxy groups -OCH3 is 1. The summed E-state index contributed by atoms with van der Waals surface area (Å²) in [6.07, 6.45) is 3.48. The van der Waals surface area contributed by atoms with Crippen LogP contribution in [0.2, 0.25) is 0 Å². The van der Waals surface area contributed by atoms with Crippen LogP contribution in [0.15, 0.2) is 48.1 Å². The van der Waals surface area contributed by atoms with Gasteiger partial charge in [-0.15, -0.1) is 11.3 Å². The maximum absolute atomic E-state index is 5.75. The minimum Gasteiger partial charge on any atom is -0.492 e. The third-order valence-electron chi connectivity index (χ3n) is 3.43. The van der Waals surface area contributed by atoms with Crippen LogP contribution in [0.4, 0.5) is 11.6 Å². The summed E-state index contributed by atoms with van der Waals surface area (Å²) in [6.45, 7) is 2.86. The van der Waals surface area contributed by atoms with E-state index in [1.807, 2.05) is 35.7 Å². The summed E-state index contributed by atoms with van der Waals surface area (Å²) in [5.74, 6) is 1.32. The number of hydrogen-bond donors (Lipinski definition) is 2. The average Bonchev–Trinajstić information content (AvgIpc) is 3.20. The molecule has 0 aliphatic rings. The summed E-state index contributed by atoms with van der Waals surface area (Å²) in [7, 11) is 1.69. The van der Waals surface area contributed by atoms with Gasteiger partial charge in [0, 0.05) is 49.7 Å². The van der Waals surface area contributed by atoms with E-state index in [0.29, 0.717) is 19.2 Å². The van der Waals surface area contributed by atoms with E-state index in [1.165, 1.54) is 0 Å². The molecule has 0 saturated heterocycles. The van der Waals surface area contributed by atoms with E-state index >= 15 is 0 Å². The highest BCUT2D eigenvalue weighted by Gasteiger charge is 2.05. The van der Waals surface area contributed by atoms with Gasteiger partial charge < -0.3 is 20.1 Å². The van der Waals surface area contributed by atoms with Crippen LogP contribution in [0.5, 0.6) is 5.75 Å². The lowest BCUT2D eigenvalue weighted by Crippen LogP contribution is -2.24. The summed E-state index contributed by atoms with van der Waals surface area (Å²) in [5.41, 5.74) is 1.66. The van der Waals surface area contributed by atoms with Crippen molar-refractivity contribution in [3.05, 3.63) is 48.1 Å². The Hall–Kier alpha value is -2.55. The highest BCUT2D eigenvalue weighted by atomic mass is 32.1. The first-order valence-electron chi connectivity index (χ1n) is 8.27. The van der Waals surface area contributed by atoms with Gasteiger partial charge in [-0.3, -0.25) is 0 Å². The molecule has 26 heavy (non-hydrogen) atoms. The normalized spacial score (nSPS) is 10.7. The van der Waals surface area contributed by atoms with E-state index in [9.17, 15) is 0 Å². The van der Waals surface area contributed by atoms with Crippen molar-refractivity contribution in [2.24, 2.45) is 0 Å². The number of aromatic nitrogens is 3. The summed E-state index contributed by atoms with van der Waals surface area (Å²) < 4.78 is 10.7. The van der Waals surface area contributed by atoms with Crippen molar-refractivity contribution in [1.82, 2.24) is 20.3 Å². The summed E-state index contributed by atoms with van der Waals surface area (Å²) in [5, 5.41) is 9.24. The zero-order valence-corrected chi connectivity index (χ0v) is 15.3. The minimum absolute atomic E-state index is 0.524. The molecule has 0 radical (unpaired) electrons. The predicted octanol–water partition coefficient (Wildman–Crippen LogP) is 2.96. The van der Waals surface area contributed by atoms with Crippen molar-refractivity contribution in [2.45, 2.75) is 0 Å². The monoisotopic (exact) mass is 371 g/mol. The van der Waals surface area contributed by atoms with Gasteiger partial charge in [0.2, 0.25) is 5.95 Å². The molecule has 2 N–H and O–H groups in total. The molecule has 1 aromatic carbocycles. The highest BCUT2D eigenvalue weighted by molar-refractivity contribution is 7.13. The Kier molecular flexibility index (Phi) is 6.88. The van der Waals surface area contributed by atoms with Gasteiger partial charge in [0.25, 0.3) is 0 Å². The maximum atomic E-state index is 5.75. The van der Waals surface area contributed by atoms with E-state index in [0.717, 1.165) is 35.2 Å². The highest BCUT2D eigenvalue weighted by Crippen LogP contribution is 2.23. The lowest BCUT2D eigenvalue weighted by Gasteiger charge is -2.10. The number of nitrogens with one attached hydrogen (secondary N) is 2. The lowest BCUT2D eigenvalue weighted by molar-refractivity contribution is 0.197. The van der Waals surface area contributed by atoms with Crippen LogP contribution in [0.3, 0.4) is 0 Å². The molecule has 7 nitrogen and oxygen atoms in total. The summed E-state index contributed by atoms with van der Waals surface area (Å²) in [4.78, 5) is 13.1. The average molecular weight is 371 g/mol. The Morgan fingerprint density at radius 2 is 2.00 bits per heavy atom. The van der Waals surface area contributed by atoms with Crippen LogP contribution in [0.25, 0.3) is 10.7 Å². The van der Waals surface area contributed by atoms with E-state index < -0.39 is 0 Å². The maximum Gasteiger partial charge on any atom is 0.227 e. The number of benzene rings is 1. The molecule has 3 aromatic rings. The second kappa shape index (κ2) is 9.81. The van der Waals surface area contributed by atoms with Crippen molar-refractivity contribution >= 4 is 23.0 Å². The van der Waals surface area contributed by atoms with Crippen molar-refractivity contribution < 1.29 is 9.47 Å². The van der Waals surface area contributed by atoms with E-state index in [2.05, 4.69) is 25.6 Å². The first kappa shape index (κ1) is 18.2. The van der Waals surface area contributed by atoms with Crippen LogP contribution in [0.1, 0.15) is 0 Å². The smallest absolute Gasteiger partial charge is 0.227 e. The molecule has 0 aliphatic heterocycles. The van der Waals surface area contributed by atoms with Gasteiger partial charge in [-0.25, -0.2) is 15.0 Å². The number of anilines is 2. The van der Waals surface area contributed by atoms with E-state index in [-0.39, 0.29) is 0 Å². The van der Waals surface area contributed by atoms with Crippen LogP contribution in [0, 0.1) is 0 Å². The number of ether oxygens (including phenoxy) is 2. The fourth-order valence-electron chi connectivity index (χ4n) is 2.22. The number of rotatable bonds is 10. The van der Waals surface area contributed by atoms with E-state index in [4.69, 9.17) is 9.47 Å². The molecule has 0 unspecified atom stereocenters. The third kappa shape index (κ3) is 5.48. The molecule has 0 fully saturated rings. The number of hydrogen-bond acceptors (Lipinski definition) is 8. The number of thiazole rings is 1. The zero-order chi connectivity index (χ0) is 18.0. The zero-order valence-electron chi connectivity index (χ0n) is 14.5. The first-order valence-corrected chi connectivity index (χ1v) is 9.15. The summed E-state index contributed by atoms with van der Waals surface area (Å²) in [6, 6.07) is 9.58. The standard InChI is InChI=1S/C18H21N5O2S/c1-24-10-7-19-8-11-25-15-4-2-3-14(13-15)22-18-21-6-5-16(23-18)17-20-9-12-26-17/h2-6,9,12-13,19H,7-8,10-11H2,1H3,(H,21,22,23). The van der Waals surface area contributed by atoms with E-state index in [1.54, 1.807) is 30.8 Å².